The van der Waals surface area contributed by atoms with E-state index in [1.807, 2.05) is 40.7 Å². The normalized spacial score (nSPS) is 13.6. The molecule has 2 aromatic heterocycles. The Labute approximate surface area is 253 Å². The number of thioether (sulfide) groups is 1. The van der Waals surface area contributed by atoms with Crippen molar-refractivity contribution in [2.45, 2.75) is 50.2 Å². The summed E-state index contributed by atoms with van der Waals surface area (Å²) in [6, 6.07) is 7.00. The SMILES string of the molecule is COC(=O)c1ccc(C(=O)Nc2ncc(SCc3cc(C)c(C)c(C(=O)N4CCN(C(=O)OC(C)(C)C)CC4)c3)s2)[nH]1. The maximum Gasteiger partial charge on any atom is 0.410 e. The van der Waals surface area contributed by atoms with E-state index in [0.29, 0.717) is 42.6 Å². The van der Waals surface area contributed by atoms with E-state index < -0.39 is 17.5 Å². The summed E-state index contributed by atoms with van der Waals surface area (Å²) >= 11 is 2.90. The lowest BCUT2D eigenvalue weighted by atomic mass is 9.99. The molecule has 42 heavy (non-hydrogen) atoms. The number of aryl methyl sites for hydroxylation is 1. The van der Waals surface area contributed by atoms with Gasteiger partial charge in [-0.3, -0.25) is 14.9 Å². The van der Waals surface area contributed by atoms with Crippen molar-refractivity contribution < 1.29 is 28.7 Å². The standard InChI is InChI=1S/C29H35N5O6S2/c1-17-13-19(14-20(18(17)2)25(36)33-9-11-34(12-10-33)28(38)40-29(3,4)5)16-41-23-15-30-27(42-23)32-24(35)21-7-8-22(31-21)26(37)39-6/h7-8,13-15,31H,9-12,16H2,1-6H3,(H,30,32,35). The van der Waals surface area contributed by atoms with Crippen LogP contribution in [0, 0.1) is 13.8 Å². The van der Waals surface area contributed by atoms with Crippen LogP contribution in [-0.4, -0.2) is 82.5 Å². The molecule has 3 heterocycles. The molecule has 4 rings (SSSR count). The van der Waals surface area contributed by atoms with Crippen LogP contribution < -0.4 is 5.32 Å². The summed E-state index contributed by atoms with van der Waals surface area (Å²) in [5, 5.41) is 3.16. The first-order chi connectivity index (χ1) is 19.8. The first kappa shape index (κ1) is 31.1. The van der Waals surface area contributed by atoms with Crippen LogP contribution >= 0.6 is 23.1 Å². The van der Waals surface area contributed by atoms with Crippen LogP contribution in [0.3, 0.4) is 0 Å². The number of methoxy groups -OCH3 is 1. The van der Waals surface area contributed by atoms with Crippen LogP contribution in [0.15, 0.2) is 34.7 Å². The number of carbonyl (C=O) groups excluding carboxylic acids is 4. The van der Waals surface area contributed by atoms with Gasteiger partial charge in [0.1, 0.15) is 17.0 Å². The van der Waals surface area contributed by atoms with Gasteiger partial charge in [0.25, 0.3) is 11.8 Å². The molecule has 2 N–H and O–H groups in total. The fourth-order valence-electron chi connectivity index (χ4n) is 4.29. The van der Waals surface area contributed by atoms with E-state index in [1.165, 1.54) is 30.6 Å². The van der Waals surface area contributed by atoms with Crippen molar-refractivity contribution in [3.8, 4) is 0 Å². The molecule has 0 aliphatic carbocycles. The molecule has 0 bridgehead atoms. The van der Waals surface area contributed by atoms with Gasteiger partial charge in [-0.25, -0.2) is 14.6 Å². The van der Waals surface area contributed by atoms with E-state index in [9.17, 15) is 19.2 Å². The maximum atomic E-state index is 13.5. The number of anilines is 1. The average molecular weight is 614 g/mol. The quantitative estimate of drug-likeness (QED) is 0.277. The Morgan fingerprint density at radius 2 is 1.71 bits per heavy atom. The van der Waals surface area contributed by atoms with Crippen LogP contribution in [0.25, 0.3) is 0 Å². The second-order valence-corrected chi connectivity index (χ2v) is 13.2. The van der Waals surface area contributed by atoms with Crippen molar-refractivity contribution in [1.29, 1.82) is 0 Å². The van der Waals surface area contributed by atoms with Crippen LogP contribution in [-0.2, 0) is 15.2 Å². The molecular formula is C29H35N5O6S2. The fourth-order valence-corrected chi connectivity index (χ4v) is 6.09. The number of amides is 3. The summed E-state index contributed by atoms with van der Waals surface area (Å²) in [4.78, 5) is 60.5. The minimum atomic E-state index is -0.564. The molecule has 3 aromatic rings. The number of thiazole rings is 1. The minimum absolute atomic E-state index is 0.0475. The van der Waals surface area contributed by atoms with E-state index in [0.717, 1.165) is 20.9 Å². The Bertz CT molecular complexity index is 1480. The van der Waals surface area contributed by atoms with E-state index in [2.05, 4.69) is 26.1 Å². The zero-order valence-electron chi connectivity index (χ0n) is 24.5. The molecule has 3 amide bonds. The number of ether oxygens (including phenoxy) is 2. The number of piperazine rings is 1. The molecule has 0 unspecified atom stereocenters. The molecule has 1 fully saturated rings. The summed E-state index contributed by atoms with van der Waals surface area (Å²) in [7, 11) is 1.27. The van der Waals surface area contributed by atoms with Crippen molar-refractivity contribution in [2.75, 3.05) is 38.6 Å². The van der Waals surface area contributed by atoms with Crippen LogP contribution in [0.2, 0.25) is 0 Å². The number of hydrogen-bond donors (Lipinski definition) is 2. The third-order valence-corrected chi connectivity index (χ3v) is 8.78. The van der Waals surface area contributed by atoms with Crippen molar-refractivity contribution >= 4 is 52.1 Å². The Hall–Kier alpha value is -3.84. The van der Waals surface area contributed by atoms with Gasteiger partial charge in [0.15, 0.2) is 5.13 Å². The number of rotatable bonds is 7. The third kappa shape index (κ3) is 7.71. The number of nitrogens with zero attached hydrogens (tertiary/aromatic N) is 3. The van der Waals surface area contributed by atoms with E-state index in [4.69, 9.17) is 4.74 Å². The summed E-state index contributed by atoms with van der Waals surface area (Å²) in [5.41, 5.74) is 3.46. The predicted molar refractivity (Wildman–Crippen MR) is 161 cm³/mol. The van der Waals surface area contributed by atoms with E-state index >= 15 is 0 Å². The Morgan fingerprint density at radius 3 is 2.38 bits per heavy atom. The van der Waals surface area contributed by atoms with E-state index in [1.54, 1.807) is 27.8 Å². The van der Waals surface area contributed by atoms with Crippen molar-refractivity contribution in [1.82, 2.24) is 19.8 Å². The summed E-state index contributed by atoms with van der Waals surface area (Å²) < 4.78 is 11.0. The Morgan fingerprint density at radius 1 is 1.05 bits per heavy atom. The van der Waals surface area contributed by atoms with E-state index in [-0.39, 0.29) is 23.4 Å². The number of hydrogen-bond acceptors (Lipinski definition) is 9. The van der Waals surface area contributed by atoms with Crippen LogP contribution in [0.1, 0.15) is 68.8 Å². The second-order valence-electron chi connectivity index (χ2n) is 10.8. The number of benzene rings is 1. The van der Waals surface area contributed by atoms with Crippen molar-refractivity contribution in [3.05, 3.63) is 64.1 Å². The molecule has 0 spiro atoms. The zero-order valence-corrected chi connectivity index (χ0v) is 26.2. The summed E-state index contributed by atoms with van der Waals surface area (Å²) in [5.74, 6) is -0.407. The lowest BCUT2D eigenvalue weighted by Crippen LogP contribution is -2.51. The van der Waals surface area contributed by atoms with Gasteiger partial charge in [-0.1, -0.05) is 17.4 Å². The molecule has 1 aromatic carbocycles. The van der Waals surface area contributed by atoms with Gasteiger partial charge >= 0.3 is 12.1 Å². The molecule has 0 radical (unpaired) electrons. The predicted octanol–water partition coefficient (Wildman–Crippen LogP) is 5.11. The average Bonchev–Trinajstić information content (AvgIpc) is 3.62. The molecular weight excluding hydrogens is 578 g/mol. The first-order valence-electron chi connectivity index (χ1n) is 13.4. The number of aromatic amines is 1. The second kappa shape index (κ2) is 13.0. The van der Waals surface area contributed by atoms with Gasteiger partial charge in [0.05, 0.1) is 17.5 Å². The highest BCUT2D eigenvalue weighted by Gasteiger charge is 2.29. The van der Waals surface area contributed by atoms with Gasteiger partial charge in [-0.15, -0.1) is 11.8 Å². The number of esters is 1. The largest absolute Gasteiger partial charge is 0.464 e. The number of H-pyrrole nitrogens is 1. The lowest BCUT2D eigenvalue weighted by molar-refractivity contribution is 0.0140. The summed E-state index contributed by atoms with van der Waals surface area (Å²) in [6.07, 6.45) is 1.33. The third-order valence-electron chi connectivity index (χ3n) is 6.60. The van der Waals surface area contributed by atoms with Crippen molar-refractivity contribution in [3.63, 3.8) is 0 Å². The molecule has 1 aliphatic heterocycles. The first-order valence-corrected chi connectivity index (χ1v) is 15.2. The minimum Gasteiger partial charge on any atom is -0.464 e. The highest BCUT2D eigenvalue weighted by Crippen LogP contribution is 2.32. The van der Waals surface area contributed by atoms with Gasteiger partial charge in [0.2, 0.25) is 0 Å². The van der Waals surface area contributed by atoms with Crippen LogP contribution in [0.4, 0.5) is 9.93 Å². The number of carbonyl (C=O) groups is 4. The maximum absolute atomic E-state index is 13.5. The fraction of sp³-hybridized carbons (Fsp3) is 0.414. The Balaban J connectivity index is 1.35. The van der Waals surface area contributed by atoms with Gasteiger partial charge < -0.3 is 24.3 Å². The lowest BCUT2D eigenvalue weighted by Gasteiger charge is -2.36. The highest BCUT2D eigenvalue weighted by molar-refractivity contribution is 8.00. The molecule has 13 heteroatoms. The van der Waals surface area contributed by atoms with Crippen molar-refractivity contribution in [2.24, 2.45) is 0 Å². The summed E-state index contributed by atoms with van der Waals surface area (Å²) in [6.45, 7) is 11.2. The molecule has 0 saturated carbocycles. The Kier molecular flexibility index (Phi) is 9.62. The highest BCUT2D eigenvalue weighted by atomic mass is 32.2. The molecule has 11 nitrogen and oxygen atoms in total. The van der Waals surface area contributed by atoms with Crippen LogP contribution in [0.5, 0.6) is 0 Å². The zero-order chi connectivity index (χ0) is 30.6. The van der Waals surface area contributed by atoms with Gasteiger partial charge in [0, 0.05) is 37.5 Å². The number of nitrogens with one attached hydrogen (secondary N) is 2. The van der Waals surface area contributed by atoms with Gasteiger partial charge in [-0.05, 0) is 69.5 Å². The molecule has 1 saturated heterocycles. The molecule has 224 valence electrons. The van der Waals surface area contributed by atoms with Gasteiger partial charge in [-0.2, -0.15) is 0 Å². The number of aromatic nitrogens is 2. The monoisotopic (exact) mass is 613 g/mol. The molecule has 0 atom stereocenters. The molecule has 1 aliphatic rings. The smallest absolute Gasteiger partial charge is 0.410 e. The topological polar surface area (TPSA) is 134 Å².